The van der Waals surface area contributed by atoms with Crippen LogP contribution in [0.15, 0.2) is 60.8 Å². The summed E-state index contributed by atoms with van der Waals surface area (Å²) in [4.78, 5) is 2.09. The highest BCUT2D eigenvalue weighted by atomic mass is 15.4. The Morgan fingerprint density at radius 3 is 2.33 bits per heavy atom. The largest absolute Gasteiger partial charge is 0.378 e. The van der Waals surface area contributed by atoms with Gasteiger partial charge in [0, 0.05) is 25.3 Å². The van der Waals surface area contributed by atoms with Crippen LogP contribution < -0.4 is 4.90 Å². The fraction of sp³-hybridized carbons (Fsp3) is 0.176. The topological polar surface area (TPSA) is 34.0 Å². The Balaban J connectivity index is 1.88. The molecule has 4 nitrogen and oxygen atoms in total. The first-order valence-corrected chi connectivity index (χ1v) is 6.94. The molecule has 0 saturated carbocycles. The molecular formula is C17H18N4. The lowest BCUT2D eigenvalue weighted by molar-refractivity contribution is 0.655. The van der Waals surface area contributed by atoms with E-state index in [0.717, 1.165) is 17.8 Å². The van der Waals surface area contributed by atoms with Gasteiger partial charge in [-0.05, 0) is 17.7 Å². The molecule has 3 aromatic rings. The number of benzene rings is 2. The second-order valence-corrected chi connectivity index (χ2v) is 5.20. The molecule has 0 unspecified atom stereocenters. The van der Waals surface area contributed by atoms with Crippen LogP contribution in [0.5, 0.6) is 0 Å². The average Bonchev–Trinajstić information content (AvgIpc) is 2.96. The van der Waals surface area contributed by atoms with Crippen LogP contribution >= 0.6 is 0 Å². The minimum Gasteiger partial charge on any atom is -0.378 e. The molecule has 0 aliphatic carbocycles. The summed E-state index contributed by atoms with van der Waals surface area (Å²) < 4.78 is 1.93. The molecule has 0 fully saturated rings. The zero-order valence-electron chi connectivity index (χ0n) is 12.3. The van der Waals surface area contributed by atoms with Gasteiger partial charge in [0.1, 0.15) is 0 Å². The number of hydrogen-bond donors (Lipinski definition) is 0. The van der Waals surface area contributed by atoms with Crippen molar-refractivity contribution in [3.8, 4) is 11.3 Å². The SMILES string of the molecule is CN(C)c1ccc(-c2cnnn2Cc2ccccc2)cc1. The van der Waals surface area contributed by atoms with E-state index in [9.17, 15) is 0 Å². The smallest absolute Gasteiger partial charge is 0.0889 e. The Labute approximate surface area is 124 Å². The minimum atomic E-state index is 0.728. The molecule has 3 rings (SSSR count). The van der Waals surface area contributed by atoms with Crippen LogP contribution in [0, 0.1) is 0 Å². The summed E-state index contributed by atoms with van der Waals surface area (Å²) in [5.74, 6) is 0. The van der Waals surface area contributed by atoms with E-state index in [1.165, 1.54) is 11.3 Å². The third-order valence-electron chi connectivity index (χ3n) is 3.47. The van der Waals surface area contributed by atoms with Crippen molar-refractivity contribution in [3.05, 3.63) is 66.4 Å². The van der Waals surface area contributed by atoms with Gasteiger partial charge in [-0.3, -0.25) is 0 Å². The van der Waals surface area contributed by atoms with Crippen molar-refractivity contribution in [3.63, 3.8) is 0 Å². The van der Waals surface area contributed by atoms with Crippen LogP contribution in [0.3, 0.4) is 0 Å². The maximum Gasteiger partial charge on any atom is 0.0889 e. The van der Waals surface area contributed by atoms with Crippen molar-refractivity contribution in [1.82, 2.24) is 15.0 Å². The highest BCUT2D eigenvalue weighted by molar-refractivity contribution is 5.62. The fourth-order valence-corrected chi connectivity index (χ4v) is 2.28. The van der Waals surface area contributed by atoms with E-state index in [-0.39, 0.29) is 0 Å². The van der Waals surface area contributed by atoms with Crippen molar-refractivity contribution in [2.75, 3.05) is 19.0 Å². The van der Waals surface area contributed by atoms with Gasteiger partial charge in [-0.2, -0.15) is 0 Å². The van der Waals surface area contributed by atoms with E-state index >= 15 is 0 Å². The lowest BCUT2D eigenvalue weighted by atomic mass is 10.1. The molecule has 0 aliphatic rings. The van der Waals surface area contributed by atoms with Gasteiger partial charge < -0.3 is 4.90 Å². The van der Waals surface area contributed by atoms with Crippen LogP contribution in [-0.2, 0) is 6.54 Å². The van der Waals surface area contributed by atoms with Gasteiger partial charge in [0.05, 0.1) is 18.4 Å². The lowest BCUT2D eigenvalue weighted by Crippen LogP contribution is -2.08. The van der Waals surface area contributed by atoms with E-state index in [0.29, 0.717) is 0 Å². The van der Waals surface area contributed by atoms with Crippen molar-refractivity contribution in [1.29, 1.82) is 0 Å². The summed E-state index contributed by atoms with van der Waals surface area (Å²) in [7, 11) is 4.08. The molecule has 2 aromatic carbocycles. The molecule has 0 aliphatic heterocycles. The molecule has 106 valence electrons. The third-order valence-corrected chi connectivity index (χ3v) is 3.47. The molecule has 1 heterocycles. The fourth-order valence-electron chi connectivity index (χ4n) is 2.28. The monoisotopic (exact) mass is 278 g/mol. The first-order valence-electron chi connectivity index (χ1n) is 6.94. The van der Waals surface area contributed by atoms with Crippen molar-refractivity contribution >= 4 is 5.69 Å². The summed E-state index contributed by atoms with van der Waals surface area (Å²) in [6, 6.07) is 18.7. The molecule has 0 N–H and O–H groups in total. The Hall–Kier alpha value is -2.62. The standard InChI is InChI=1S/C17H18N4/c1-20(2)16-10-8-15(9-11-16)17-12-18-19-21(17)13-14-6-4-3-5-7-14/h3-12H,13H2,1-2H3. The summed E-state index contributed by atoms with van der Waals surface area (Å²) in [5, 5.41) is 8.26. The van der Waals surface area contributed by atoms with E-state index in [4.69, 9.17) is 0 Å². The summed E-state index contributed by atoms with van der Waals surface area (Å²) in [5.41, 5.74) is 4.56. The third kappa shape index (κ3) is 2.94. The molecule has 0 atom stereocenters. The number of rotatable bonds is 4. The summed E-state index contributed by atoms with van der Waals surface area (Å²) in [6.07, 6.45) is 1.81. The molecule has 4 heteroatoms. The molecule has 0 radical (unpaired) electrons. The van der Waals surface area contributed by atoms with E-state index in [1.54, 1.807) is 0 Å². The number of hydrogen-bond acceptors (Lipinski definition) is 3. The highest BCUT2D eigenvalue weighted by Crippen LogP contribution is 2.22. The Morgan fingerprint density at radius 2 is 1.67 bits per heavy atom. The normalized spacial score (nSPS) is 10.6. The summed E-state index contributed by atoms with van der Waals surface area (Å²) in [6.45, 7) is 0.728. The van der Waals surface area contributed by atoms with Gasteiger partial charge in [0.2, 0.25) is 0 Å². The number of nitrogens with zero attached hydrogens (tertiary/aromatic N) is 4. The van der Waals surface area contributed by atoms with Crippen molar-refractivity contribution in [2.24, 2.45) is 0 Å². The Bertz CT molecular complexity index is 699. The second kappa shape index (κ2) is 5.79. The molecule has 0 bridgehead atoms. The Morgan fingerprint density at radius 1 is 0.952 bits per heavy atom. The predicted molar refractivity (Wildman–Crippen MR) is 85.3 cm³/mol. The van der Waals surface area contributed by atoms with E-state index in [2.05, 4.69) is 51.6 Å². The Kier molecular flexibility index (Phi) is 3.69. The molecular weight excluding hydrogens is 260 g/mol. The van der Waals surface area contributed by atoms with Crippen LogP contribution in [0.25, 0.3) is 11.3 Å². The second-order valence-electron chi connectivity index (χ2n) is 5.20. The van der Waals surface area contributed by atoms with E-state index < -0.39 is 0 Å². The molecule has 1 aromatic heterocycles. The van der Waals surface area contributed by atoms with Gasteiger partial charge in [-0.15, -0.1) is 5.10 Å². The predicted octanol–water partition coefficient (Wildman–Crippen LogP) is 3.06. The van der Waals surface area contributed by atoms with Crippen LogP contribution in [0.2, 0.25) is 0 Å². The van der Waals surface area contributed by atoms with Gasteiger partial charge in [0.15, 0.2) is 0 Å². The maximum atomic E-state index is 4.20. The molecule has 21 heavy (non-hydrogen) atoms. The van der Waals surface area contributed by atoms with Gasteiger partial charge >= 0.3 is 0 Å². The van der Waals surface area contributed by atoms with Gasteiger partial charge in [-0.1, -0.05) is 47.7 Å². The van der Waals surface area contributed by atoms with Crippen molar-refractivity contribution < 1.29 is 0 Å². The van der Waals surface area contributed by atoms with Crippen LogP contribution in [-0.4, -0.2) is 29.1 Å². The number of anilines is 1. The molecule has 0 amide bonds. The lowest BCUT2D eigenvalue weighted by Gasteiger charge is -2.13. The van der Waals surface area contributed by atoms with Crippen molar-refractivity contribution in [2.45, 2.75) is 6.54 Å². The zero-order valence-corrected chi connectivity index (χ0v) is 12.3. The quantitative estimate of drug-likeness (QED) is 0.735. The molecule has 0 saturated heterocycles. The minimum absolute atomic E-state index is 0.728. The summed E-state index contributed by atoms with van der Waals surface area (Å²) >= 11 is 0. The first kappa shape index (κ1) is 13.4. The van der Waals surface area contributed by atoms with Gasteiger partial charge in [-0.25, -0.2) is 4.68 Å². The first-order chi connectivity index (χ1) is 10.2. The van der Waals surface area contributed by atoms with Gasteiger partial charge in [0.25, 0.3) is 0 Å². The number of aromatic nitrogens is 3. The highest BCUT2D eigenvalue weighted by Gasteiger charge is 2.07. The van der Waals surface area contributed by atoms with Crippen LogP contribution in [0.1, 0.15) is 5.56 Å². The maximum absolute atomic E-state index is 4.20. The van der Waals surface area contributed by atoms with Crippen LogP contribution in [0.4, 0.5) is 5.69 Å². The zero-order chi connectivity index (χ0) is 14.7. The average molecular weight is 278 g/mol. The van der Waals surface area contributed by atoms with E-state index in [1.807, 2.05) is 43.2 Å². The molecule has 0 spiro atoms.